The van der Waals surface area contributed by atoms with E-state index in [1.807, 2.05) is 25.1 Å². The minimum Gasteiger partial charge on any atom is -0.337 e. The van der Waals surface area contributed by atoms with Crippen LogP contribution in [0.15, 0.2) is 22.7 Å². The summed E-state index contributed by atoms with van der Waals surface area (Å²) in [7, 11) is 0. The van der Waals surface area contributed by atoms with E-state index in [9.17, 15) is 4.79 Å². The Bertz CT molecular complexity index is 357. The smallest absolute Gasteiger partial charge is 0.319 e. The number of halogens is 2. The maximum atomic E-state index is 11.3. The highest BCUT2D eigenvalue weighted by molar-refractivity contribution is 9.10. The molecule has 2 amide bonds. The van der Waals surface area contributed by atoms with E-state index in [1.54, 1.807) is 0 Å². The van der Waals surface area contributed by atoms with Crippen molar-refractivity contribution in [3.8, 4) is 0 Å². The van der Waals surface area contributed by atoms with Crippen molar-refractivity contribution >= 4 is 39.2 Å². The Hall–Kier alpha value is -0.740. The molecular weight excluding hydrogens is 279 g/mol. The van der Waals surface area contributed by atoms with Gasteiger partial charge in [0, 0.05) is 22.6 Å². The van der Waals surface area contributed by atoms with Crippen molar-refractivity contribution in [1.82, 2.24) is 5.32 Å². The molecule has 0 saturated heterocycles. The largest absolute Gasteiger partial charge is 0.337 e. The molecule has 0 aliphatic carbocycles. The van der Waals surface area contributed by atoms with E-state index in [2.05, 4.69) is 26.6 Å². The zero-order valence-corrected chi connectivity index (χ0v) is 10.7. The average molecular weight is 292 g/mol. The Morgan fingerprint density at radius 1 is 1.53 bits per heavy atom. The van der Waals surface area contributed by atoms with Crippen LogP contribution in [0.25, 0.3) is 0 Å². The lowest BCUT2D eigenvalue weighted by Gasteiger charge is -2.09. The molecule has 0 spiro atoms. The molecule has 0 bridgehead atoms. The van der Waals surface area contributed by atoms with Gasteiger partial charge in [-0.05, 0) is 30.7 Å². The molecule has 0 heterocycles. The molecule has 5 heteroatoms. The second-order valence-corrected chi connectivity index (χ2v) is 4.32. The summed E-state index contributed by atoms with van der Waals surface area (Å²) in [6, 6.07) is 5.43. The molecule has 1 aromatic carbocycles. The fourth-order valence-corrected chi connectivity index (χ4v) is 1.66. The zero-order chi connectivity index (χ0) is 11.3. The molecule has 0 unspecified atom stereocenters. The molecule has 1 aromatic rings. The van der Waals surface area contributed by atoms with Gasteiger partial charge in [0.2, 0.25) is 0 Å². The Balaban J connectivity index is 2.60. The summed E-state index contributed by atoms with van der Waals surface area (Å²) in [6.07, 6.45) is 0. The molecule has 1 rings (SSSR count). The van der Waals surface area contributed by atoms with Crippen molar-refractivity contribution in [2.24, 2.45) is 0 Å². The van der Waals surface area contributed by atoms with Crippen molar-refractivity contribution in [3.63, 3.8) is 0 Å². The first-order valence-corrected chi connectivity index (χ1v) is 5.83. The molecule has 3 nitrogen and oxygen atoms in total. The van der Waals surface area contributed by atoms with Gasteiger partial charge < -0.3 is 10.6 Å². The van der Waals surface area contributed by atoms with Gasteiger partial charge in [0.05, 0.1) is 0 Å². The molecule has 82 valence electrons. The topological polar surface area (TPSA) is 41.1 Å². The average Bonchev–Trinajstić information content (AvgIpc) is 2.19. The molecule has 0 fully saturated rings. The van der Waals surface area contributed by atoms with E-state index in [4.69, 9.17) is 11.6 Å². The summed E-state index contributed by atoms with van der Waals surface area (Å²) < 4.78 is 0.992. The first kappa shape index (κ1) is 12.3. The number of nitrogens with one attached hydrogen (secondary N) is 2. The summed E-state index contributed by atoms with van der Waals surface area (Å²) in [4.78, 5) is 11.3. The molecule has 0 atom stereocenters. The van der Waals surface area contributed by atoms with Crippen LogP contribution in [0.5, 0.6) is 0 Å². The lowest BCUT2D eigenvalue weighted by molar-refractivity contribution is 0.252. The van der Waals surface area contributed by atoms with E-state index in [0.717, 1.165) is 15.7 Å². The van der Waals surface area contributed by atoms with E-state index in [0.29, 0.717) is 12.4 Å². The minimum absolute atomic E-state index is 0.235. The third-order valence-electron chi connectivity index (χ3n) is 1.82. The lowest BCUT2D eigenvalue weighted by atomic mass is 10.2. The van der Waals surface area contributed by atoms with Gasteiger partial charge in [-0.15, -0.1) is 11.6 Å². The van der Waals surface area contributed by atoms with Crippen LogP contribution in [0.1, 0.15) is 5.56 Å². The van der Waals surface area contributed by atoms with Crippen LogP contribution in [-0.4, -0.2) is 18.5 Å². The molecule has 0 radical (unpaired) electrons. The molecule has 2 N–H and O–H groups in total. The van der Waals surface area contributed by atoms with Gasteiger partial charge in [-0.3, -0.25) is 0 Å². The third kappa shape index (κ3) is 4.10. The Morgan fingerprint density at radius 3 is 2.87 bits per heavy atom. The number of amides is 2. The van der Waals surface area contributed by atoms with Crippen molar-refractivity contribution in [1.29, 1.82) is 0 Å². The quantitative estimate of drug-likeness (QED) is 0.826. The second kappa shape index (κ2) is 5.98. The summed E-state index contributed by atoms with van der Waals surface area (Å²) >= 11 is 8.81. The van der Waals surface area contributed by atoms with Crippen molar-refractivity contribution < 1.29 is 4.79 Å². The molecule has 0 aliphatic heterocycles. The summed E-state index contributed by atoms with van der Waals surface area (Å²) in [5.41, 5.74) is 1.80. The number of aryl methyl sites for hydroxylation is 1. The number of benzene rings is 1. The van der Waals surface area contributed by atoms with Gasteiger partial charge in [0.1, 0.15) is 0 Å². The number of carbonyl (C=O) groups is 1. The van der Waals surface area contributed by atoms with Gasteiger partial charge in [-0.2, -0.15) is 0 Å². The van der Waals surface area contributed by atoms with E-state index >= 15 is 0 Å². The number of urea groups is 1. The normalized spacial score (nSPS) is 9.80. The summed E-state index contributed by atoms with van der Waals surface area (Å²) in [6.45, 7) is 2.39. The monoisotopic (exact) mass is 290 g/mol. The van der Waals surface area contributed by atoms with Gasteiger partial charge in [0.25, 0.3) is 0 Å². The van der Waals surface area contributed by atoms with Crippen LogP contribution in [0.3, 0.4) is 0 Å². The highest BCUT2D eigenvalue weighted by Gasteiger charge is 2.03. The van der Waals surface area contributed by atoms with Crippen LogP contribution in [0.2, 0.25) is 0 Å². The lowest BCUT2D eigenvalue weighted by Crippen LogP contribution is -2.30. The standard InChI is InChI=1S/C10H12BrClN2O/c1-7-6-8(11)2-3-9(7)14-10(15)13-5-4-12/h2-3,6H,4-5H2,1H3,(H2,13,14,15). The van der Waals surface area contributed by atoms with Crippen molar-refractivity contribution in [2.45, 2.75) is 6.92 Å². The second-order valence-electron chi connectivity index (χ2n) is 3.03. The van der Waals surface area contributed by atoms with Gasteiger partial charge in [-0.25, -0.2) is 4.79 Å². The van der Waals surface area contributed by atoms with Gasteiger partial charge in [0.15, 0.2) is 0 Å². The summed E-state index contributed by atoms with van der Waals surface area (Å²) in [5, 5.41) is 5.37. The molecule has 0 aliphatic rings. The van der Waals surface area contributed by atoms with Gasteiger partial charge >= 0.3 is 6.03 Å². The fourth-order valence-electron chi connectivity index (χ4n) is 1.09. The predicted molar refractivity (Wildman–Crippen MR) is 66.6 cm³/mol. The number of rotatable bonds is 3. The Labute approximate surface area is 102 Å². The van der Waals surface area contributed by atoms with Crippen molar-refractivity contribution in [2.75, 3.05) is 17.7 Å². The van der Waals surface area contributed by atoms with Crippen molar-refractivity contribution in [3.05, 3.63) is 28.2 Å². The molecular formula is C10H12BrClN2O. The van der Waals surface area contributed by atoms with Gasteiger partial charge in [-0.1, -0.05) is 15.9 Å². The summed E-state index contributed by atoms with van der Waals surface area (Å²) in [5.74, 6) is 0.409. The Morgan fingerprint density at radius 2 is 2.27 bits per heavy atom. The minimum atomic E-state index is -0.235. The highest BCUT2D eigenvalue weighted by atomic mass is 79.9. The fraction of sp³-hybridized carbons (Fsp3) is 0.300. The Kier molecular flexibility index (Phi) is 4.91. The first-order valence-electron chi connectivity index (χ1n) is 4.50. The third-order valence-corrected chi connectivity index (χ3v) is 2.50. The van der Waals surface area contributed by atoms with E-state index in [1.165, 1.54) is 0 Å². The number of anilines is 1. The number of alkyl halides is 1. The highest BCUT2D eigenvalue weighted by Crippen LogP contribution is 2.19. The zero-order valence-electron chi connectivity index (χ0n) is 8.31. The van der Waals surface area contributed by atoms with Crippen LogP contribution in [-0.2, 0) is 0 Å². The SMILES string of the molecule is Cc1cc(Br)ccc1NC(=O)NCCCl. The van der Waals surface area contributed by atoms with E-state index in [-0.39, 0.29) is 6.03 Å². The maximum absolute atomic E-state index is 11.3. The molecule has 0 aromatic heterocycles. The number of hydrogen-bond donors (Lipinski definition) is 2. The number of hydrogen-bond acceptors (Lipinski definition) is 1. The number of carbonyl (C=O) groups excluding carboxylic acids is 1. The molecule has 0 saturated carbocycles. The predicted octanol–water partition coefficient (Wildman–Crippen LogP) is 3.12. The van der Waals surface area contributed by atoms with Crippen LogP contribution >= 0.6 is 27.5 Å². The van der Waals surface area contributed by atoms with Crippen LogP contribution < -0.4 is 10.6 Å². The first-order chi connectivity index (χ1) is 7.13. The van der Waals surface area contributed by atoms with Crippen LogP contribution in [0, 0.1) is 6.92 Å². The van der Waals surface area contributed by atoms with Crippen LogP contribution in [0.4, 0.5) is 10.5 Å². The van der Waals surface area contributed by atoms with E-state index < -0.39 is 0 Å². The maximum Gasteiger partial charge on any atom is 0.319 e. The molecule has 15 heavy (non-hydrogen) atoms.